The third kappa shape index (κ3) is 3.07. The lowest BCUT2D eigenvalue weighted by Gasteiger charge is -2.11. The predicted octanol–water partition coefficient (Wildman–Crippen LogP) is 3.13. The summed E-state index contributed by atoms with van der Waals surface area (Å²) in [5, 5.41) is 3.29. The number of rotatable bonds is 3. The molecule has 124 valence electrons. The first kappa shape index (κ1) is 15.9. The number of hydrogen-bond donors (Lipinski definition) is 0. The number of hydrogen-bond acceptors (Lipinski definition) is 4. The standard InChI is InChI=1S/C13H11F4N3O2S/c1-7-4-9(8-2-3-8)11(23(17,21)22)5-10(7)20-6-18-12(19-20)13(14,15)16/h4-6,8H,2-3H2,1H3. The Bertz CT molecular complexity index is 870. The van der Waals surface area contributed by atoms with E-state index in [-0.39, 0.29) is 11.6 Å². The van der Waals surface area contributed by atoms with Gasteiger partial charge in [-0.05, 0) is 42.9 Å². The highest BCUT2D eigenvalue weighted by atomic mass is 32.3. The van der Waals surface area contributed by atoms with E-state index < -0.39 is 27.1 Å². The average molecular weight is 349 g/mol. The predicted molar refractivity (Wildman–Crippen MR) is 71.4 cm³/mol. The van der Waals surface area contributed by atoms with Crippen LogP contribution in [0.2, 0.25) is 0 Å². The third-order valence-corrected chi connectivity index (χ3v) is 4.48. The summed E-state index contributed by atoms with van der Waals surface area (Å²) >= 11 is 0. The smallest absolute Gasteiger partial charge is 0.220 e. The van der Waals surface area contributed by atoms with Gasteiger partial charge in [-0.1, -0.05) is 6.07 Å². The Labute approximate surface area is 129 Å². The third-order valence-electron chi connectivity index (χ3n) is 3.60. The molecule has 23 heavy (non-hydrogen) atoms. The van der Waals surface area contributed by atoms with Crippen LogP contribution in [0.5, 0.6) is 0 Å². The van der Waals surface area contributed by atoms with Crippen LogP contribution >= 0.6 is 0 Å². The molecule has 0 radical (unpaired) electrons. The second-order valence-corrected chi connectivity index (χ2v) is 6.71. The van der Waals surface area contributed by atoms with Crippen molar-refractivity contribution < 1.29 is 25.5 Å². The molecule has 0 unspecified atom stereocenters. The number of aryl methyl sites for hydroxylation is 1. The van der Waals surface area contributed by atoms with E-state index in [9.17, 15) is 25.5 Å². The first-order valence-corrected chi connectivity index (χ1v) is 8.04. The van der Waals surface area contributed by atoms with Crippen LogP contribution in [0.4, 0.5) is 17.1 Å². The van der Waals surface area contributed by atoms with E-state index in [0.717, 1.165) is 29.9 Å². The van der Waals surface area contributed by atoms with Gasteiger partial charge in [0.05, 0.1) is 5.69 Å². The average Bonchev–Trinajstić information content (AvgIpc) is 3.13. The minimum atomic E-state index is -4.99. The molecule has 5 nitrogen and oxygen atoms in total. The van der Waals surface area contributed by atoms with Crippen LogP contribution in [-0.2, 0) is 16.4 Å². The van der Waals surface area contributed by atoms with Crippen molar-refractivity contribution in [3.63, 3.8) is 0 Å². The molecule has 3 rings (SSSR count). The fourth-order valence-electron chi connectivity index (χ4n) is 2.38. The summed E-state index contributed by atoms with van der Waals surface area (Å²) in [7, 11) is -4.99. The van der Waals surface area contributed by atoms with Crippen molar-refractivity contribution in [2.75, 3.05) is 0 Å². The Morgan fingerprint density at radius 2 is 1.91 bits per heavy atom. The maximum Gasteiger partial charge on any atom is 0.453 e. The zero-order valence-electron chi connectivity index (χ0n) is 11.8. The van der Waals surface area contributed by atoms with Crippen LogP contribution in [0.3, 0.4) is 0 Å². The second-order valence-electron chi connectivity index (χ2n) is 5.40. The molecular formula is C13H11F4N3O2S. The molecular weight excluding hydrogens is 338 g/mol. The van der Waals surface area contributed by atoms with Gasteiger partial charge in [-0.15, -0.1) is 8.98 Å². The van der Waals surface area contributed by atoms with Crippen LogP contribution < -0.4 is 0 Å². The van der Waals surface area contributed by atoms with E-state index in [4.69, 9.17) is 0 Å². The summed E-state index contributed by atoms with van der Waals surface area (Å²) in [5.41, 5.74) is 0.872. The second kappa shape index (κ2) is 5.02. The van der Waals surface area contributed by atoms with Crippen molar-refractivity contribution in [1.82, 2.24) is 14.8 Å². The zero-order valence-corrected chi connectivity index (χ0v) is 12.6. The Balaban J connectivity index is 2.15. The lowest BCUT2D eigenvalue weighted by Crippen LogP contribution is -2.09. The molecule has 0 aliphatic heterocycles. The van der Waals surface area contributed by atoms with Crippen LogP contribution in [0.25, 0.3) is 5.69 Å². The number of aromatic nitrogens is 3. The molecule has 1 aliphatic carbocycles. The maximum absolute atomic E-state index is 13.5. The molecule has 0 spiro atoms. The Hall–Kier alpha value is -1.97. The van der Waals surface area contributed by atoms with Crippen LogP contribution in [0, 0.1) is 6.92 Å². The van der Waals surface area contributed by atoms with Gasteiger partial charge in [0.2, 0.25) is 0 Å². The lowest BCUT2D eigenvalue weighted by atomic mass is 10.1. The van der Waals surface area contributed by atoms with Gasteiger partial charge in [-0.2, -0.15) is 21.6 Å². The number of benzene rings is 1. The van der Waals surface area contributed by atoms with Gasteiger partial charge in [0.1, 0.15) is 11.2 Å². The van der Waals surface area contributed by atoms with E-state index >= 15 is 0 Å². The van der Waals surface area contributed by atoms with Crippen molar-refractivity contribution in [3.8, 4) is 5.69 Å². The number of halogens is 4. The highest BCUT2D eigenvalue weighted by Gasteiger charge is 2.36. The Kier molecular flexibility index (Phi) is 3.47. The highest BCUT2D eigenvalue weighted by Crippen LogP contribution is 2.44. The summed E-state index contributed by atoms with van der Waals surface area (Å²) in [6.45, 7) is 1.59. The lowest BCUT2D eigenvalue weighted by molar-refractivity contribution is -0.144. The zero-order chi connectivity index (χ0) is 17.0. The maximum atomic E-state index is 13.5. The molecule has 1 aromatic heterocycles. The van der Waals surface area contributed by atoms with Gasteiger partial charge < -0.3 is 0 Å². The van der Waals surface area contributed by atoms with Gasteiger partial charge in [-0.25, -0.2) is 9.67 Å². The first-order chi connectivity index (χ1) is 10.6. The van der Waals surface area contributed by atoms with E-state index in [1.165, 1.54) is 6.07 Å². The quantitative estimate of drug-likeness (QED) is 0.631. The van der Waals surface area contributed by atoms with Gasteiger partial charge in [-0.3, -0.25) is 0 Å². The fourth-order valence-corrected chi connectivity index (χ4v) is 3.14. The molecule has 2 aromatic rings. The van der Waals surface area contributed by atoms with Gasteiger partial charge in [0, 0.05) is 0 Å². The van der Waals surface area contributed by atoms with Crippen molar-refractivity contribution in [1.29, 1.82) is 0 Å². The van der Waals surface area contributed by atoms with Gasteiger partial charge in [0.15, 0.2) is 0 Å². The van der Waals surface area contributed by atoms with Gasteiger partial charge in [0.25, 0.3) is 5.82 Å². The molecule has 1 aromatic carbocycles. The first-order valence-electron chi connectivity index (χ1n) is 6.66. The van der Waals surface area contributed by atoms with E-state index in [0.29, 0.717) is 11.1 Å². The minimum Gasteiger partial charge on any atom is -0.220 e. The minimum absolute atomic E-state index is 0.0358. The summed E-state index contributed by atoms with van der Waals surface area (Å²) in [5.74, 6) is -1.39. The van der Waals surface area contributed by atoms with E-state index in [1.54, 1.807) is 6.92 Å². The summed E-state index contributed by atoms with van der Waals surface area (Å²) < 4.78 is 74.8. The van der Waals surface area contributed by atoms with Crippen molar-refractivity contribution in [2.45, 2.75) is 36.8 Å². The monoisotopic (exact) mass is 349 g/mol. The fraction of sp³-hybridized carbons (Fsp3) is 0.385. The number of nitrogens with zero attached hydrogens (tertiary/aromatic N) is 3. The van der Waals surface area contributed by atoms with E-state index in [1.807, 2.05) is 0 Å². The largest absolute Gasteiger partial charge is 0.453 e. The molecule has 0 N–H and O–H groups in total. The number of alkyl halides is 3. The topological polar surface area (TPSA) is 64.8 Å². The molecule has 1 heterocycles. The van der Waals surface area contributed by atoms with Crippen molar-refractivity contribution in [3.05, 3.63) is 35.4 Å². The molecule has 0 saturated heterocycles. The molecule has 1 aliphatic rings. The normalized spacial score (nSPS) is 15.9. The summed E-state index contributed by atoms with van der Waals surface area (Å²) in [6.07, 6.45) is -2.40. The van der Waals surface area contributed by atoms with Gasteiger partial charge >= 0.3 is 16.4 Å². The molecule has 1 saturated carbocycles. The van der Waals surface area contributed by atoms with Crippen LogP contribution in [0.15, 0.2) is 23.4 Å². The van der Waals surface area contributed by atoms with E-state index in [2.05, 4.69) is 10.1 Å². The van der Waals surface area contributed by atoms with Crippen molar-refractivity contribution >= 4 is 10.2 Å². The molecule has 0 amide bonds. The summed E-state index contributed by atoms with van der Waals surface area (Å²) in [4.78, 5) is 2.63. The molecule has 0 bridgehead atoms. The Morgan fingerprint density at radius 1 is 1.26 bits per heavy atom. The van der Waals surface area contributed by atoms with Crippen LogP contribution in [-0.4, -0.2) is 23.2 Å². The molecule has 1 fully saturated rings. The SMILES string of the molecule is Cc1cc(C2CC2)c(S(=O)(=O)F)cc1-n1cnc(C(F)(F)F)n1. The Morgan fingerprint density at radius 3 is 2.39 bits per heavy atom. The van der Waals surface area contributed by atoms with Crippen molar-refractivity contribution in [2.24, 2.45) is 0 Å². The molecule has 0 atom stereocenters. The summed E-state index contributed by atoms with van der Waals surface area (Å²) in [6, 6.07) is 2.49. The molecule has 10 heteroatoms. The van der Waals surface area contributed by atoms with Crippen LogP contribution in [0.1, 0.15) is 35.7 Å². The highest BCUT2D eigenvalue weighted by molar-refractivity contribution is 7.86.